The Bertz CT molecular complexity index is 980. The first-order valence-electron chi connectivity index (χ1n) is 11.8. The zero-order chi connectivity index (χ0) is 25.3. The van der Waals surface area contributed by atoms with Gasteiger partial charge in [-0.3, -0.25) is 9.35 Å². The summed E-state index contributed by atoms with van der Waals surface area (Å²) in [6.45, 7) is 0. The average Bonchev–Trinajstić information content (AvgIpc) is 3.51. The van der Waals surface area contributed by atoms with Crippen molar-refractivity contribution in [3.63, 3.8) is 0 Å². The minimum Gasteiger partial charge on any atom is -0.438 e. The van der Waals surface area contributed by atoms with E-state index in [-0.39, 0.29) is 60.4 Å². The number of ether oxygens (including phenoxy) is 3. The molecule has 3 saturated carbocycles. The first-order valence-corrected chi connectivity index (χ1v) is 13.4. The summed E-state index contributed by atoms with van der Waals surface area (Å²) in [6.07, 6.45) is -10.1. The molecule has 0 aromatic rings. The van der Waals surface area contributed by atoms with Crippen molar-refractivity contribution in [3.8, 4) is 0 Å². The van der Waals surface area contributed by atoms with E-state index in [1.807, 2.05) is 0 Å². The Morgan fingerprint density at radius 3 is 1.63 bits per heavy atom. The molecule has 14 heteroatoms. The van der Waals surface area contributed by atoms with E-state index in [0.29, 0.717) is 12.8 Å². The van der Waals surface area contributed by atoms with E-state index < -0.39 is 51.6 Å². The Labute approximate surface area is 196 Å². The van der Waals surface area contributed by atoms with Gasteiger partial charge in [0.1, 0.15) is 5.75 Å². The molecule has 9 unspecified atom stereocenters. The maximum Gasteiger partial charge on any atom is 0.438 e. The molecule has 35 heavy (non-hydrogen) atoms. The van der Waals surface area contributed by atoms with Gasteiger partial charge in [-0.15, -0.1) is 0 Å². The number of rotatable bonds is 4. The fraction of sp³-hybridized carbons (Fsp3) is 0.952. The van der Waals surface area contributed by atoms with Crippen LogP contribution in [0, 0.1) is 41.4 Å². The Morgan fingerprint density at radius 1 is 0.800 bits per heavy atom. The molecule has 9 atom stereocenters. The Kier molecular flexibility index (Phi) is 5.02. The van der Waals surface area contributed by atoms with Crippen LogP contribution < -0.4 is 0 Å². The Morgan fingerprint density at radius 2 is 1.23 bits per heavy atom. The number of carbonyl (C=O) groups excluding carboxylic acids is 1. The van der Waals surface area contributed by atoms with Gasteiger partial charge in [0.25, 0.3) is 10.1 Å². The number of alkyl halides is 6. The number of carbonyl (C=O) groups is 1. The Hall–Kier alpha value is -1.12. The molecule has 7 fully saturated rings. The van der Waals surface area contributed by atoms with Crippen molar-refractivity contribution in [2.75, 3.05) is 5.75 Å². The van der Waals surface area contributed by atoms with Crippen molar-refractivity contribution in [1.82, 2.24) is 0 Å². The summed E-state index contributed by atoms with van der Waals surface area (Å²) in [6, 6.07) is 0. The summed E-state index contributed by atoms with van der Waals surface area (Å²) in [4.78, 5) is 13.2. The third-order valence-electron chi connectivity index (χ3n) is 9.52. The summed E-state index contributed by atoms with van der Waals surface area (Å²) in [5.41, 5.74) is -5.38. The van der Waals surface area contributed by atoms with Crippen LogP contribution in [0.4, 0.5) is 26.3 Å². The molecule has 0 aromatic heterocycles. The molecule has 0 radical (unpaired) electrons. The van der Waals surface area contributed by atoms with E-state index in [4.69, 9.17) is 14.0 Å². The highest BCUT2D eigenvalue weighted by Crippen LogP contribution is 2.70. The van der Waals surface area contributed by atoms with Crippen molar-refractivity contribution < 1.29 is 58.3 Å². The Balaban J connectivity index is 1.37. The highest BCUT2D eigenvalue weighted by molar-refractivity contribution is 7.85. The quantitative estimate of drug-likeness (QED) is 0.336. The lowest BCUT2D eigenvalue weighted by Crippen LogP contribution is -2.66. The van der Waals surface area contributed by atoms with Crippen LogP contribution in [0.1, 0.15) is 32.1 Å². The van der Waals surface area contributed by atoms with Gasteiger partial charge in [-0.1, -0.05) is 0 Å². The first kappa shape index (κ1) is 24.2. The standard InChI is InChI=1S/C21H24F6O7S/c22-20(23,24)19(21(25,26)27,6-35(29,30)31)34-18(28)8-5-7-13-9-1-3-11(32-9)16(13)15(8)17-12-4-2-10(33-12)14(7)17/h7-17H,1-6H2,(H,29,30,31). The monoisotopic (exact) mass is 534 g/mol. The van der Waals surface area contributed by atoms with Gasteiger partial charge < -0.3 is 14.2 Å². The van der Waals surface area contributed by atoms with Crippen LogP contribution in [-0.2, 0) is 29.1 Å². The molecule has 198 valence electrons. The van der Waals surface area contributed by atoms with Gasteiger partial charge in [-0.25, -0.2) is 0 Å². The van der Waals surface area contributed by atoms with Crippen LogP contribution in [0.3, 0.4) is 0 Å². The van der Waals surface area contributed by atoms with E-state index >= 15 is 0 Å². The van der Waals surface area contributed by atoms with Gasteiger partial charge in [0.2, 0.25) is 0 Å². The molecule has 4 saturated heterocycles. The van der Waals surface area contributed by atoms with E-state index in [1.54, 1.807) is 0 Å². The summed E-state index contributed by atoms with van der Waals surface area (Å²) >= 11 is 0. The topological polar surface area (TPSA) is 99.1 Å². The third-order valence-corrected chi connectivity index (χ3v) is 10.3. The lowest BCUT2D eigenvalue weighted by Gasteiger charge is -2.59. The van der Waals surface area contributed by atoms with Crippen molar-refractivity contribution in [1.29, 1.82) is 0 Å². The third kappa shape index (κ3) is 3.27. The van der Waals surface area contributed by atoms with Gasteiger partial charge in [-0.2, -0.15) is 34.8 Å². The molecule has 0 amide bonds. The van der Waals surface area contributed by atoms with Crippen LogP contribution >= 0.6 is 0 Å². The molecule has 4 aliphatic heterocycles. The predicted molar refractivity (Wildman–Crippen MR) is 102 cm³/mol. The smallest absolute Gasteiger partial charge is 0.438 e. The van der Waals surface area contributed by atoms with Crippen LogP contribution in [0.15, 0.2) is 0 Å². The SMILES string of the molecule is O=C(OC(CS(=O)(=O)O)(C(F)(F)F)C(F)(F)F)C1CC2C3C4CCC(O4)C3C1C1C3CCC(O3)C21. The molecular weight excluding hydrogens is 510 g/mol. The molecule has 7 nitrogen and oxygen atoms in total. The van der Waals surface area contributed by atoms with Crippen molar-refractivity contribution in [3.05, 3.63) is 0 Å². The van der Waals surface area contributed by atoms with Gasteiger partial charge in [0.15, 0.2) is 0 Å². The molecule has 3 aliphatic carbocycles. The minimum atomic E-state index is -6.33. The molecule has 0 aromatic carbocycles. The first-order chi connectivity index (χ1) is 16.1. The second kappa shape index (κ2) is 7.25. The van der Waals surface area contributed by atoms with Gasteiger partial charge in [-0.05, 0) is 67.6 Å². The zero-order valence-corrected chi connectivity index (χ0v) is 19.0. The minimum absolute atomic E-state index is 0.0430. The number of fused-ring (bicyclic) bond motifs is 5. The van der Waals surface area contributed by atoms with Crippen LogP contribution in [-0.4, -0.2) is 67.1 Å². The number of esters is 1. The summed E-state index contributed by atoms with van der Waals surface area (Å²) in [5.74, 6) is -6.86. The van der Waals surface area contributed by atoms with Crippen LogP contribution in [0.5, 0.6) is 0 Å². The largest absolute Gasteiger partial charge is 0.438 e. The number of hydrogen-bond acceptors (Lipinski definition) is 6. The summed E-state index contributed by atoms with van der Waals surface area (Å²) in [7, 11) is -5.83. The highest BCUT2D eigenvalue weighted by atomic mass is 32.2. The normalized spacial score (nSPS) is 46.1. The van der Waals surface area contributed by atoms with E-state index in [1.165, 1.54) is 0 Å². The molecule has 7 rings (SSSR count). The second-order valence-electron chi connectivity index (χ2n) is 10.9. The van der Waals surface area contributed by atoms with E-state index in [0.717, 1.165) is 12.8 Å². The fourth-order valence-electron chi connectivity index (χ4n) is 8.68. The van der Waals surface area contributed by atoms with E-state index in [9.17, 15) is 39.6 Å². The van der Waals surface area contributed by atoms with Gasteiger partial charge in [0.05, 0.1) is 30.3 Å². The van der Waals surface area contributed by atoms with Gasteiger partial charge >= 0.3 is 23.9 Å². The molecular formula is C21H24F6O7S. The molecule has 6 bridgehead atoms. The molecule has 7 aliphatic rings. The second-order valence-corrected chi connectivity index (χ2v) is 12.4. The van der Waals surface area contributed by atoms with Crippen molar-refractivity contribution >= 4 is 16.1 Å². The molecule has 1 N–H and O–H groups in total. The predicted octanol–water partition coefficient (Wildman–Crippen LogP) is 3.13. The maximum atomic E-state index is 13.8. The fourth-order valence-corrected chi connectivity index (χ4v) is 9.58. The summed E-state index contributed by atoms with van der Waals surface area (Å²) in [5, 5.41) is 0. The van der Waals surface area contributed by atoms with Crippen molar-refractivity contribution in [2.45, 2.75) is 74.5 Å². The van der Waals surface area contributed by atoms with Crippen molar-refractivity contribution in [2.24, 2.45) is 41.4 Å². The molecule has 0 spiro atoms. The average molecular weight is 534 g/mol. The zero-order valence-electron chi connectivity index (χ0n) is 18.2. The van der Waals surface area contributed by atoms with Gasteiger partial charge in [0, 0.05) is 0 Å². The number of halogens is 6. The van der Waals surface area contributed by atoms with Crippen LogP contribution in [0.2, 0.25) is 0 Å². The highest BCUT2D eigenvalue weighted by Gasteiger charge is 2.77. The number of hydrogen-bond donors (Lipinski definition) is 1. The lowest BCUT2D eigenvalue weighted by atomic mass is 9.42. The summed E-state index contributed by atoms with van der Waals surface area (Å²) < 4.78 is 130. The molecule has 4 heterocycles. The lowest BCUT2D eigenvalue weighted by molar-refractivity contribution is -0.363. The van der Waals surface area contributed by atoms with E-state index in [2.05, 4.69) is 4.74 Å². The maximum absolute atomic E-state index is 13.8. The van der Waals surface area contributed by atoms with Crippen LogP contribution in [0.25, 0.3) is 0 Å².